The molecule has 0 radical (unpaired) electrons. The van der Waals surface area contributed by atoms with Crippen LogP contribution in [-0.4, -0.2) is 31.2 Å². The van der Waals surface area contributed by atoms with Crippen molar-refractivity contribution in [2.45, 2.75) is 70.9 Å². The third kappa shape index (κ3) is 4.62. The molecule has 2 amide bonds. The maximum atomic E-state index is 12.2. The minimum atomic E-state index is -0.118. The fourth-order valence-electron chi connectivity index (χ4n) is 3.92. The van der Waals surface area contributed by atoms with E-state index in [0.29, 0.717) is 12.0 Å². The second-order valence-electron chi connectivity index (χ2n) is 7.19. The molecule has 0 aromatic heterocycles. The molecule has 0 aromatic carbocycles. The van der Waals surface area contributed by atoms with Crippen molar-refractivity contribution in [3.8, 4) is 0 Å². The molecule has 0 aliphatic heterocycles. The summed E-state index contributed by atoms with van der Waals surface area (Å²) >= 11 is 0. The van der Waals surface area contributed by atoms with E-state index in [-0.39, 0.29) is 24.0 Å². The molecule has 3 atom stereocenters. The van der Waals surface area contributed by atoms with Crippen LogP contribution in [0, 0.1) is 17.8 Å². The highest BCUT2D eigenvalue weighted by Crippen LogP contribution is 2.29. The zero-order valence-electron chi connectivity index (χ0n) is 14.1. The average Bonchev–Trinajstić information content (AvgIpc) is 2.50. The fraction of sp³-hybridized carbons (Fsp3) is 0.882. The highest BCUT2D eigenvalue weighted by molar-refractivity contribution is 5.75. The van der Waals surface area contributed by atoms with Crippen molar-refractivity contribution in [2.75, 3.05) is 7.11 Å². The standard InChI is InChI=1S/C17H30N2O3/c1-11-4-9-15(12(2)10-11)19-17(21)18-14-7-5-13(6-8-14)16(20)22-3/h11-15H,4-10H2,1-3H3,(H2,18,19,21). The van der Waals surface area contributed by atoms with Gasteiger partial charge in [0, 0.05) is 12.1 Å². The van der Waals surface area contributed by atoms with Gasteiger partial charge in [-0.2, -0.15) is 0 Å². The van der Waals surface area contributed by atoms with Crippen LogP contribution in [0.5, 0.6) is 0 Å². The van der Waals surface area contributed by atoms with Crippen molar-refractivity contribution < 1.29 is 14.3 Å². The zero-order chi connectivity index (χ0) is 16.1. The molecule has 5 heteroatoms. The maximum absolute atomic E-state index is 12.2. The average molecular weight is 310 g/mol. The summed E-state index contributed by atoms with van der Waals surface area (Å²) in [4.78, 5) is 23.7. The number of methoxy groups -OCH3 is 1. The lowest BCUT2D eigenvalue weighted by Gasteiger charge is -2.34. The van der Waals surface area contributed by atoms with Gasteiger partial charge in [0.25, 0.3) is 0 Å². The van der Waals surface area contributed by atoms with Gasteiger partial charge in [-0.25, -0.2) is 4.79 Å². The number of hydrogen-bond acceptors (Lipinski definition) is 3. The van der Waals surface area contributed by atoms with Gasteiger partial charge >= 0.3 is 12.0 Å². The summed E-state index contributed by atoms with van der Waals surface area (Å²) in [6.45, 7) is 4.51. The van der Waals surface area contributed by atoms with Crippen LogP contribution in [-0.2, 0) is 9.53 Å². The minimum Gasteiger partial charge on any atom is -0.469 e. The van der Waals surface area contributed by atoms with Crippen LogP contribution in [0.3, 0.4) is 0 Å². The van der Waals surface area contributed by atoms with Gasteiger partial charge in [0.05, 0.1) is 13.0 Å². The lowest BCUT2D eigenvalue weighted by Crippen LogP contribution is -2.50. The number of nitrogens with one attached hydrogen (secondary N) is 2. The van der Waals surface area contributed by atoms with Crippen molar-refractivity contribution in [3.63, 3.8) is 0 Å². The Morgan fingerprint density at radius 2 is 1.64 bits per heavy atom. The fourth-order valence-corrected chi connectivity index (χ4v) is 3.92. The summed E-state index contributed by atoms with van der Waals surface area (Å²) in [5.41, 5.74) is 0. The van der Waals surface area contributed by atoms with Crippen LogP contribution in [0.25, 0.3) is 0 Å². The third-order valence-electron chi connectivity index (χ3n) is 5.34. The molecule has 2 N–H and O–H groups in total. The van der Waals surface area contributed by atoms with Crippen LogP contribution in [0.1, 0.15) is 58.8 Å². The van der Waals surface area contributed by atoms with Gasteiger partial charge in [0.2, 0.25) is 0 Å². The van der Waals surface area contributed by atoms with Crippen LogP contribution in [0.2, 0.25) is 0 Å². The topological polar surface area (TPSA) is 67.4 Å². The summed E-state index contributed by atoms with van der Waals surface area (Å²) in [6, 6.07) is 0.425. The van der Waals surface area contributed by atoms with Crippen LogP contribution in [0.15, 0.2) is 0 Å². The second-order valence-corrected chi connectivity index (χ2v) is 7.19. The Morgan fingerprint density at radius 1 is 0.955 bits per heavy atom. The van der Waals surface area contributed by atoms with E-state index in [2.05, 4.69) is 24.5 Å². The summed E-state index contributed by atoms with van der Waals surface area (Å²) in [5, 5.41) is 6.21. The molecular weight excluding hydrogens is 280 g/mol. The number of hydrogen-bond donors (Lipinski definition) is 2. The third-order valence-corrected chi connectivity index (χ3v) is 5.34. The smallest absolute Gasteiger partial charge is 0.315 e. The Kier molecular flexibility index (Phi) is 6.09. The SMILES string of the molecule is COC(=O)C1CCC(NC(=O)NC2CCC(C)CC2C)CC1. The molecular formula is C17H30N2O3. The van der Waals surface area contributed by atoms with E-state index in [1.807, 2.05) is 0 Å². The Hall–Kier alpha value is -1.26. The number of urea groups is 1. The molecule has 2 fully saturated rings. The monoisotopic (exact) mass is 310 g/mol. The van der Waals surface area contributed by atoms with Crippen LogP contribution < -0.4 is 10.6 Å². The Morgan fingerprint density at radius 3 is 2.23 bits per heavy atom. The molecule has 2 aliphatic carbocycles. The maximum Gasteiger partial charge on any atom is 0.315 e. The number of esters is 1. The normalized spacial score (nSPS) is 35.5. The van der Waals surface area contributed by atoms with Crippen molar-refractivity contribution in [3.05, 3.63) is 0 Å². The predicted octanol–water partition coefficient (Wildman–Crippen LogP) is 2.84. The molecule has 0 spiro atoms. The van der Waals surface area contributed by atoms with Gasteiger partial charge < -0.3 is 15.4 Å². The summed E-state index contributed by atoms with van der Waals surface area (Å²) in [5.74, 6) is 1.20. The summed E-state index contributed by atoms with van der Waals surface area (Å²) < 4.78 is 4.79. The van der Waals surface area contributed by atoms with Gasteiger partial charge in [-0.1, -0.05) is 13.8 Å². The van der Waals surface area contributed by atoms with Crippen LogP contribution in [0.4, 0.5) is 4.79 Å². The van der Waals surface area contributed by atoms with E-state index in [9.17, 15) is 9.59 Å². The molecule has 0 heterocycles. The Bertz CT molecular complexity index is 391. The van der Waals surface area contributed by atoms with E-state index in [1.54, 1.807) is 0 Å². The molecule has 126 valence electrons. The highest BCUT2D eigenvalue weighted by Gasteiger charge is 2.29. The predicted molar refractivity (Wildman–Crippen MR) is 85.4 cm³/mol. The molecule has 0 bridgehead atoms. The van der Waals surface area contributed by atoms with Crippen molar-refractivity contribution >= 4 is 12.0 Å². The van der Waals surface area contributed by atoms with Crippen molar-refractivity contribution in [1.29, 1.82) is 0 Å². The van der Waals surface area contributed by atoms with E-state index < -0.39 is 0 Å². The largest absolute Gasteiger partial charge is 0.469 e. The van der Waals surface area contributed by atoms with Crippen LogP contribution >= 0.6 is 0 Å². The van der Waals surface area contributed by atoms with E-state index in [1.165, 1.54) is 20.0 Å². The van der Waals surface area contributed by atoms with E-state index in [0.717, 1.165) is 38.0 Å². The second kappa shape index (κ2) is 7.84. The number of amides is 2. The number of ether oxygens (including phenoxy) is 1. The number of carbonyl (C=O) groups is 2. The molecule has 3 unspecified atom stereocenters. The summed E-state index contributed by atoms with van der Waals surface area (Å²) in [6.07, 6.45) is 6.76. The molecule has 2 rings (SSSR count). The molecule has 2 saturated carbocycles. The van der Waals surface area contributed by atoms with Crippen molar-refractivity contribution in [2.24, 2.45) is 17.8 Å². The highest BCUT2D eigenvalue weighted by atomic mass is 16.5. The van der Waals surface area contributed by atoms with Gasteiger partial charge in [0.15, 0.2) is 0 Å². The molecule has 5 nitrogen and oxygen atoms in total. The van der Waals surface area contributed by atoms with Crippen molar-refractivity contribution in [1.82, 2.24) is 10.6 Å². The molecule has 0 aromatic rings. The number of rotatable bonds is 3. The van der Waals surface area contributed by atoms with E-state index >= 15 is 0 Å². The summed E-state index contributed by atoms with van der Waals surface area (Å²) in [7, 11) is 1.44. The van der Waals surface area contributed by atoms with Gasteiger partial charge in [0.1, 0.15) is 0 Å². The number of carbonyl (C=O) groups excluding carboxylic acids is 2. The molecule has 2 aliphatic rings. The lowest BCUT2D eigenvalue weighted by atomic mass is 9.80. The first-order valence-electron chi connectivity index (χ1n) is 8.64. The first-order valence-corrected chi connectivity index (χ1v) is 8.64. The molecule has 22 heavy (non-hydrogen) atoms. The minimum absolute atomic E-state index is 0.00552. The Balaban J connectivity index is 1.71. The zero-order valence-corrected chi connectivity index (χ0v) is 14.1. The molecule has 0 saturated heterocycles. The van der Waals surface area contributed by atoms with Gasteiger partial charge in [-0.05, 0) is 56.8 Å². The van der Waals surface area contributed by atoms with E-state index in [4.69, 9.17) is 4.74 Å². The first kappa shape index (κ1) is 17.1. The Labute approximate surface area is 133 Å². The quantitative estimate of drug-likeness (QED) is 0.788. The first-order chi connectivity index (χ1) is 10.5. The van der Waals surface area contributed by atoms with Gasteiger partial charge in [-0.15, -0.1) is 0 Å². The lowest BCUT2D eigenvalue weighted by molar-refractivity contribution is -0.146. The van der Waals surface area contributed by atoms with Gasteiger partial charge in [-0.3, -0.25) is 4.79 Å².